The van der Waals surface area contributed by atoms with Gasteiger partial charge in [-0.1, -0.05) is 44.9 Å². The van der Waals surface area contributed by atoms with Gasteiger partial charge in [-0.2, -0.15) is 0 Å². The molecule has 0 spiro atoms. The van der Waals surface area contributed by atoms with Gasteiger partial charge in [0.15, 0.2) is 9.84 Å². The predicted molar refractivity (Wildman–Crippen MR) is 114 cm³/mol. The van der Waals surface area contributed by atoms with Crippen molar-refractivity contribution in [3.8, 4) is 0 Å². The Balaban J connectivity index is 1.43. The smallest absolute Gasteiger partial charge is 0.181 e. The van der Waals surface area contributed by atoms with E-state index in [-0.39, 0.29) is 10.7 Å². The number of fused-ring (bicyclic) bond motifs is 5. The SMILES string of the molecule is C[C@]12CC[C@H]3[C@@H](CC[C@H]4CCCC[C@@]43C)[C@@H]1C[C@H](S(=O)(=O)c1ccccc1)C2. The molecule has 4 aliphatic carbocycles. The van der Waals surface area contributed by atoms with Crippen LogP contribution in [0.15, 0.2) is 35.2 Å². The lowest BCUT2D eigenvalue weighted by atomic mass is 9.45. The Morgan fingerprint density at radius 3 is 2.46 bits per heavy atom. The van der Waals surface area contributed by atoms with Crippen LogP contribution in [0.4, 0.5) is 0 Å². The molecule has 4 saturated carbocycles. The Hall–Kier alpha value is -0.830. The Morgan fingerprint density at radius 2 is 1.68 bits per heavy atom. The van der Waals surface area contributed by atoms with Crippen LogP contribution < -0.4 is 0 Å². The minimum Gasteiger partial charge on any atom is -0.223 e. The van der Waals surface area contributed by atoms with Gasteiger partial charge in [0.2, 0.25) is 0 Å². The van der Waals surface area contributed by atoms with E-state index < -0.39 is 9.84 Å². The van der Waals surface area contributed by atoms with Crippen molar-refractivity contribution < 1.29 is 8.42 Å². The zero-order valence-electron chi connectivity index (χ0n) is 17.6. The van der Waals surface area contributed by atoms with E-state index in [2.05, 4.69) is 13.8 Å². The standard InChI is InChI=1S/C25H36O2S/c1-24-15-13-22-21(12-11-18-8-6-7-14-25(18,22)2)23(24)16-20(17-24)28(26,27)19-9-4-3-5-10-19/h3-5,9-10,18,20-23H,6-8,11-17H2,1-2H3/t18-,20+,21-,22+,23+,24-,25+/m1/s1. The van der Waals surface area contributed by atoms with Crippen molar-refractivity contribution in [2.45, 2.75) is 88.2 Å². The molecular weight excluding hydrogens is 364 g/mol. The van der Waals surface area contributed by atoms with Gasteiger partial charge in [-0.3, -0.25) is 0 Å². The van der Waals surface area contributed by atoms with Crippen molar-refractivity contribution in [1.82, 2.24) is 0 Å². The van der Waals surface area contributed by atoms with E-state index in [0.717, 1.165) is 30.6 Å². The minimum atomic E-state index is -3.21. The maximum absolute atomic E-state index is 13.4. The van der Waals surface area contributed by atoms with E-state index in [1.54, 1.807) is 12.1 Å². The zero-order valence-corrected chi connectivity index (χ0v) is 18.4. The van der Waals surface area contributed by atoms with Crippen LogP contribution in [0.3, 0.4) is 0 Å². The monoisotopic (exact) mass is 400 g/mol. The average molecular weight is 401 g/mol. The van der Waals surface area contributed by atoms with E-state index in [1.807, 2.05) is 18.2 Å². The fourth-order valence-electron chi connectivity index (χ4n) is 8.33. The van der Waals surface area contributed by atoms with Gasteiger partial charge < -0.3 is 0 Å². The molecule has 0 bridgehead atoms. The number of hydrogen-bond acceptors (Lipinski definition) is 2. The lowest BCUT2D eigenvalue weighted by Crippen LogP contribution is -2.51. The summed E-state index contributed by atoms with van der Waals surface area (Å²) in [5, 5.41) is -0.180. The molecule has 2 nitrogen and oxygen atoms in total. The molecule has 7 atom stereocenters. The predicted octanol–water partition coefficient (Wildman–Crippen LogP) is 6.26. The first kappa shape index (κ1) is 19.2. The quantitative estimate of drug-likeness (QED) is 0.587. The van der Waals surface area contributed by atoms with Crippen LogP contribution in [0.1, 0.15) is 78.1 Å². The van der Waals surface area contributed by atoms with Crippen LogP contribution in [0, 0.1) is 34.5 Å². The Kier molecular flexibility index (Phi) is 4.51. The molecule has 0 saturated heterocycles. The van der Waals surface area contributed by atoms with Crippen molar-refractivity contribution >= 4 is 9.84 Å². The van der Waals surface area contributed by atoms with E-state index in [0.29, 0.717) is 16.2 Å². The molecule has 28 heavy (non-hydrogen) atoms. The normalized spacial score (nSPS) is 45.7. The third-order valence-electron chi connectivity index (χ3n) is 9.82. The summed E-state index contributed by atoms with van der Waals surface area (Å²) in [5.74, 6) is 3.13. The second-order valence-corrected chi connectivity index (χ2v) is 13.2. The number of hydrogen-bond donors (Lipinski definition) is 0. The first-order valence-electron chi connectivity index (χ1n) is 11.6. The van der Waals surface area contributed by atoms with Gasteiger partial charge in [-0.05, 0) is 98.0 Å². The molecule has 0 radical (unpaired) electrons. The summed E-state index contributed by atoms with van der Waals surface area (Å²) < 4.78 is 26.7. The fraction of sp³-hybridized carbons (Fsp3) is 0.760. The van der Waals surface area contributed by atoms with Crippen LogP contribution in [0.5, 0.6) is 0 Å². The third kappa shape index (κ3) is 2.75. The average Bonchev–Trinajstić information content (AvgIpc) is 3.07. The van der Waals surface area contributed by atoms with Crippen LogP contribution in [-0.2, 0) is 9.84 Å². The second-order valence-electron chi connectivity index (χ2n) is 11.0. The van der Waals surface area contributed by atoms with Gasteiger partial charge >= 0.3 is 0 Å². The number of rotatable bonds is 2. The number of benzene rings is 1. The summed E-state index contributed by atoms with van der Waals surface area (Å²) in [5.41, 5.74) is 0.754. The molecule has 154 valence electrons. The summed E-state index contributed by atoms with van der Waals surface area (Å²) in [7, 11) is -3.21. The maximum Gasteiger partial charge on any atom is 0.181 e. The van der Waals surface area contributed by atoms with Crippen molar-refractivity contribution in [1.29, 1.82) is 0 Å². The lowest BCUT2D eigenvalue weighted by Gasteiger charge is -2.60. The van der Waals surface area contributed by atoms with E-state index >= 15 is 0 Å². The fourth-order valence-corrected chi connectivity index (χ4v) is 10.3. The molecule has 0 aliphatic heterocycles. The minimum absolute atomic E-state index is 0.180. The first-order chi connectivity index (χ1) is 13.3. The van der Waals surface area contributed by atoms with Gasteiger partial charge in [0.1, 0.15) is 0 Å². The molecule has 0 amide bonds. The molecule has 0 N–H and O–H groups in total. The highest BCUT2D eigenvalue weighted by molar-refractivity contribution is 7.92. The number of sulfone groups is 1. The van der Waals surface area contributed by atoms with Crippen molar-refractivity contribution in [3.63, 3.8) is 0 Å². The first-order valence-corrected chi connectivity index (χ1v) is 13.2. The van der Waals surface area contributed by atoms with Gasteiger partial charge in [-0.15, -0.1) is 0 Å². The zero-order chi connectivity index (χ0) is 19.6. The van der Waals surface area contributed by atoms with Gasteiger partial charge in [0, 0.05) is 0 Å². The lowest BCUT2D eigenvalue weighted by molar-refractivity contribution is -0.103. The van der Waals surface area contributed by atoms with Gasteiger partial charge in [-0.25, -0.2) is 8.42 Å². The summed E-state index contributed by atoms with van der Waals surface area (Å²) in [6.07, 6.45) is 12.8. The van der Waals surface area contributed by atoms with Gasteiger partial charge in [0.25, 0.3) is 0 Å². The topological polar surface area (TPSA) is 34.1 Å². The van der Waals surface area contributed by atoms with E-state index in [1.165, 1.54) is 51.4 Å². The molecule has 1 aromatic rings. The molecule has 5 rings (SSSR count). The molecule has 4 aliphatic rings. The third-order valence-corrected chi connectivity index (χ3v) is 12.0. The highest BCUT2D eigenvalue weighted by Crippen LogP contribution is 2.66. The maximum atomic E-state index is 13.4. The van der Waals surface area contributed by atoms with Crippen LogP contribution >= 0.6 is 0 Å². The highest BCUT2D eigenvalue weighted by atomic mass is 32.2. The summed E-state index contributed by atoms with van der Waals surface area (Å²) in [6, 6.07) is 9.20. The van der Waals surface area contributed by atoms with Crippen LogP contribution in [0.2, 0.25) is 0 Å². The summed E-state index contributed by atoms with van der Waals surface area (Å²) in [6.45, 7) is 5.02. The Labute approximate surface area is 171 Å². The summed E-state index contributed by atoms with van der Waals surface area (Å²) in [4.78, 5) is 0.529. The molecule has 3 heteroatoms. The van der Waals surface area contributed by atoms with E-state index in [4.69, 9.17) is 0 Å². The van der Waals surface area contributed by atoms with Crippen LogP contribution in [-0.4, -0.2) is 13.7 Å². The second kappa shape index (κ2) is 6.59. The largest absolute Gasteiger partial charge is 0.223 e. The molecule has 4 fully saturated rings. The van der Waals surface area contributed by atoms with Crippen LogP contribution in [0.25, 0.3) is 0 Å². The molecule has 1 aromatic carbocycles. The Morgan fingerprint density at radius 1 is 0.893 bits per heavy atom. The molecule has 0 heterocycles. The molecule has 0 aromatic heterocycles. The van der Waals surface area contributed by atoms with Crippen molar-refractivity contribution in [2.24, 2.45) is 34.5 Å². The molecular formula is C25H36O2S. The molecule has 0 unspecified atom stereocenters. The Bertz CT molecular complexity index is 831. The van der Waals surface area contributed by atoms with E-state index in [9.17, 15) is 8.42 Å². The highest BCUT2D eigenvalue weighted by Gasteiger charge is 2.60. The van der Waals surface area contributed by atoms with Crippen molar-refractivity contribution in [3.05, 3.63) is 30.3 Å². The summed E-state index contributed by atoms with van der Waals surface area (Å²) >= 11 is 0. The van der Waals surface area contributed by atoms with Gasteiger partial charge in [0.05, 0.1) is 10.1 Å². The van der Waals surface area contributed by atoms with Crippen molar-refractivity contribution in [2.75, 3.05) is 0 Å².